The molecule has 0 spiro atoms. The summed E-state index contributed by atoms with van der Waals surface area (Å²) in [6, 6.07) is -0.0949. The van der Waals surface area contributed by atoms with E-state index in [-0.39, 0.29) is 24.6 Å². The van der Waals surface area contributed by atoms with Crippen molar-refractivity contribution < 1.29 is 9.90 Å². The summed E-state index contributed by atoms with van der Waals surface area (Å²) in [7, 11) is 0. The van der Waals surface area contributed by atoms with E-state index in [1.54, 1.807) is 0 Å². The molecule has 2 aliphatic heterocycles. The van der Waals surface area contributed by atoms with Gasteiger partial charge in [0.25, 0.3) is 0 Å². The summed E-state index contributed by atoms with van der Waals surface area (Å²) in [4.78, 5) is 17.8. The van der Waals surface area contributed by atoms with Gasteiger partial charge in [-0.1, -0.05) is 0 Å². The van der Waals surface area contributed by atoms with Crippen LogP contribution in [0.3, 0.4) is 0 Å². The van der Waals surface area contributed by atoms with Crippen LogP contribution in [0, 0.1) is 0 Å². The molecule has 0 radical (unpaired) electrons. The van der Waals surface area contributed by atoms with Gasteiger partial charge in [0.15, 0.2) is 0 Å². The number of nitrogens with zero attached hydrogens (tertiary/aromatic N) is 2. The van der Waals surface area contributed by atoms with Crippen LogP contribution < -0.4 is 11.1 Å². The lowest BCUT2D eigenvalue weighted by atomic mass is 10.1. The Balaban J connectivity index is 2.06. The first-order valence-corrected chi connectivity index (χ1v) is 6.66. The van der Waals surface area contributed by atoms with Gasteiger partial charge in [0.05, 0.1) is 6.04 Å². The van der Waals surface area contributed by atoms with E-state index in [4.69, 9.17) is 5.73 Å². The fourth-order valence-corrected chi connectivity index (χ4v) is 2.73. The van der Waals surface area contributed by atoms with Crippen molar-refractivity contribution in [3.63, 3.8) is 0 Å². The van der Waals surface area contributed by atoms with Gasteiger partial charge >= 0.3 is 0 Å². The number of rotatable bonds is 3. The molecule has 2 unspecified atom stereocenters. The normalized spacial score (nSPS) is 29.6. The van der Waals surface area contributed by atoms with Crippen LogP contribution in [-0.4, -0.2) is 60.1 Å². The van der Waals surface area contributed by atoms with Crippen molar-refractivity contribution in [2.45, 2.75) is 37.8 Å². The summed E-state index contributed by atoms with van der Waals surface area (Å²) in [5.41, 5.74) is 5.38. The highest BCUT2D eigenvalue weighted by Gasteiger charge is 2.31. The number of primary amides is 1. The fourth-order valence-electron chi connectivity index (χ4n) is 2.73. The molecule has 2 fully saturated rings. The topological polar surface area (TPSA) is 91.0 Å². The zero-order valence-electron chi connectivity index (χ0n) is 10.6. The number of aliphatic hydroxyl groups excluding tert-OH is 1. The van der Waals surface area contributed by atoms with Crippen LogP contribution >= 0.6 is 0 Å². The Hall–Kier alpha value is -1.14. The molecule has 18 heavy (non-hydrogen) atoms. The maximum absolute atomic E-state index is 11.4. The van der Waals surface area contributed by atoms with E-state index in [0.29, 0.717) is 5.84 Å². The molecule has 6 nitrogen and oxygen atoms in total. The number of nitrogens with two attached hydrogens (primary N) is 1. The lowest BCUT2D eigenvalue weighted by Crippen LogP contribution is -2.46. The summed E-state index contributed by atoms with van der Waals surface area (Å²) in [6.07, 6.45) is 3.82. The first-order valence-electron chi connectivity index (χ1n) is 6.66. The third-order valence-corrected chi connectivity index (χ3v) is 3.66. The number of hydrogen-bond acceptors (Lipinski definition) is 4. The summed E-state index contributed by atoms with van der Waals surface area (Å²) in [5.74, 6) is 0.292. The second-order valence-corrected chi connectivity index (χ2v) is 4.96. The predicted molar refractivity (Wildman–Crippen MR) is 69.3 cm³/mol. The van der Waals surface area contributed by atoms with Crippen molar-refractivity contribution in [3.8, 4) is 0 Å². The lowest BCUT2D eigenvalue weighted by Gasteiger charge is -2.27. The van der Waals surface area contributed by atoms with Crippen molar-refractivity contribution in [2.75, 3.05) is 26.2 Å². The number of hydrogen-bond donors (Lipinski definition) is 3. The van der Waals surface area contributed by atoms with E-state index in [1.807, 2.05) is 4.90 Å². The van der Waals surface area contributed by atoms with Gasteiger partial charge in [-0.2, -0.15) is 0 Å². The van der Waals surface area contributed by atoms with Crippen LogP contribution in [0.5, 0.6) is 0 Å². The Bertz CT molecular complexity index is 326. The van der Waals surface area contributed by atoms with Gasteiger partial charge < -0.3 is 21.1 Å². The number of carbonyl (C=O) groups is 1. The summed E-state index contributed by atoms with van der Waals surface area (Å²) in [6.45, 7) is 2.51. The van der Waals surface area contributed by atoms with Crippen molar-refractivity contribution in [1.82, 2.24) is 10.2 Å². The molecule has 2 heterocycles. The van der Waals surface area contributed by atoms with Gasteiger partial charge in [-0.3, -0.25) is 9.79 Å². The smallest absolute Gasteiger partial charge is 0.240 e. The van der Waals surface area contributed by atoms with Gasteiger partial charge in [0.1, 0.15) is 18.5 Å². The minimum Gasteiger partial charge on any atom is -0.388 e. The van der Waals surface area contributed by atoms with E-state index in [0.717, 1.165) is 45.3 Å². The molecule has 0 aromatic rings. The molecule has 6 heteroatoms. The number of piperidine rings is 1. The van der Waals surface area contributed by atoms with Crippen LogP contribution in [0.2, 0.25) is 0 Å². The molecule has 0 aliphatic carbocycles. The van der Waals surface area contributed by atoms with Crippen molar-refractivity contribution in [3.05, 3.63) is 0 Å². The number of nitrogens with one attached hydrogen (secondary N) is 1. The van der Waals surface area contributed by atoms with Gasteiger partial charge in [-0.25, -0.2) is 0 Å². The van der Waals surface area contributed by atoms with E-state index in [1.165, 1.54) is 0 Å². The van der Waals surface area contributed by atoms with Gasteiger partial charge in [0, 0.05) is 13.1 Å². The van der Waals surface area contributed by atoms with E-state index in [9.17, 15) is 9.90 Å². The molecule has 2 aliphatic rings. The van der Waals surface area contributed by atoms with Crippen molar-refractivity contribution in [2.24, 2.45) is 10.7 Å². The van der Waals surface area contributed by atoms with Gasteiger partial charge in [0.2, 0.25) is 5.91 Å². The molecule has 0 saturated carbocycles. The molecule has 4 N–H and O–H groups in total. The van der Waals surface area contributed by atoms with Crippen molar-refractivity contribution >= 4 is 11.7 Å². The van der Waals surface area contributed by atoms with Gasteiger partial charge in [-0.15, -0.1) is 0 Å². The molecule has 2 rings (SSSR count). The average molecular weight is 254 g/mol. The fraction of sp³-hybridized carbons (Fsp3) is 0.833. The highest BCUT2D eigenvalue weighted by Crippen LogP contribution is 2.18. The van der Waals surface area contributed by atoms with E-state index >= 15 is 0 Å². The number of amidine groups is 1. The number of likely N-dealkylation sites (tertiary alicyclic amines) is 1. The Kier molecular flexibility index (Phi) is 4.54. The van der Waals surface area contributed by atoms with Gasteiger partial charge in [-0.05, 0) is 32.2 Å². The summed E-state index contributed by atoms with van der Waals surface area (Å²) >= 11 is 0. The first-order chi connectivity index (χ1) is 8.72. The lowest BCUT2D eigenvalue weighted by molar-refractivity contribution is -0.121. The maximum Gasteiger partial charge on any atom is 0.240 e. The Labute approximate surface area is 107 Å². The summed E-state index contributed by atoms with van der Waals surface area (Å²) < 4.78 is 0. The Morgan fingerprint density at radius 1 is 1.44 bits per heavy atom. The van der Waals surface area contributed by atoms with Crippen LogP contribution in [0.4, 0.5) is 0 Å². The zero-order valence-corrected chi connectivity index (χ0v) is 10.6. The second-order valence-electron chi connectivity index (χ2n) is 4.96. The standard InChI is InChI=1S/C12H22N4O2/c13-12(18)10-4-2-6-16(10)11(8-17)15-9-3-1-5-14-7-9/h9-10,14,17H,1-8H2,(H2,13,18). The second kappa shape index (κ2) is 6.15. The minimum atomic E-state index is -0.324. The van der Waals surface area contributed by atoms with Crippen LogP contribution in [0.15, 0.2) is 4.99 Å². The Morgan fingerprint density at radius 2 is 2.28 bits per heavy atom. The molecule has 1 amide bonds. The highest BCUT2D eigenvalue weighted by atomic mass is 16.3. The first kappa shape index (κ1) is 13.3. The molecule has 2 atom stereocenters. The number of amides is 1. The SMILES string of the molecule is NC(=O)C1CCCN1C(CO)=NC1CCCNC1. The number of aliphatic imine (C=N–C) groups is 1. The minimum absolute atomic E-state index is 0.125. The molecule has 0 bridgehead atoms. The molecule has 102 valence electrons. The average Bonchev–Trinajstić information content (AvgIpc) is 2.86. The van der Waals surface area contributed by atoms with E-state index < -0.39 is 0 Å². The number of carbonyl (C=O) groups excluding carboxylic acids is 1. The molecular weight excluding hydrogens is 232 g/mol. The largest absolute Gasteiger partial charge is 0.388 e. The van der Waals surface area contributed by atoms with Crippen molar-refractivity contribution in [1.29, 1.82) is 0 Å². The third-order valence-electron chi connectivity index (χ3n) is 3.66. The van der Waals surface area contributed by atoms with Crippen LogP contribution in [0.1, 0.15) is 25.7 Å². The summed E-state index contributed by atoms with van der Waals surface area (Å²) in [5, 5.41) is 12.8. The van der Waals surface area contributed by atoms with Crippen LogP contribution in [0.25, 0.3) is 0 Å². The van der Waals surface area contributed by atoms with E-state index in [2.05, 4.69) is 10.3 Å². The third kappa shape index (κ3) is 3.00. The monoisotopic (exact) mass is 254 g/mol. The molecule has 0 aromatic carbocycles. The highest BCUT2D eigenvalue weighted by molar-refractivity contribution is 5.90. The number of aliphatic hydroxyl groups is 1. The molecular formula is C12H22N4O2. The Morgan fingerprint density at radius 3 is 2.89 bits per heavy atom. The maximum atomic E-state index is 11.4. The van der Waals surface area contributed by atoms with Crippen LogP contribution in [-0.2, 0) is 4.79 Å². The molecule has 2 saturated heterocycles. The quantitative estimate of drug-likeness (QED) is 0.449. The molecule has 0 aromatic heterocycles. The predicted octanol–water partition coefficient (Wildman–Crippen LogP) is -0.921. The zero-order chi connectivity index (χ0) is 13.0.